The summed E-state index contributed by atoms with van der Waals surface area (Å²) >= 11 is 0. The molecule has 1 aliphatic rings. The summed E-state index contributed by atoms with van der Waals surface area (Å²) in [4.78, 5) is 34.8. The second-order valence-electron chi connectivity index (χ2n) is 4.12. The highest BCUT2D eigenvalue weighted by atomic mass is 16.6. The maximum Gasteiger partial charge on any atom is 0.346 e. The number of carbonyl (C=O) groups is 3. The van der Waals surface area contributed by atoms with Crippen molar-refractivity contribution in [2.75, 3.05) is 0 Å². The van der Waals surface area contributed by atoms with Gasteiger partial charge in [-0.15, -0.1) is 0 Å². The van der Waals surface area contributed by atoms with Crippen molar-refractivity contribution < 1.29 is 19.1 Å². The standard InChI is InChI=1S/C14H8O4/c1-7(15)8-5-6-11-12-9(8)3-2-4-10(12)13(16)18-14(11)17/h2-6H,1H3. The normalized spacial score (nSPS) is 13.6. The lowest BCUT2D eigenvalue weighted by atomic mass is 9.93. The molecule has 18 heavy (non-hydrogen) atoms. The van der Waals surface area contributed by atoms with Gasteiger partial charge in [0.2, 0.25) is 0 Å². The third kappa shape index (κ3) is 1.29. The van der Waals surface area contributed by atoms with Gasteiger partial charge in [-0.2, -0.15) is 0 Å². The van der Waals surface area contributed by atoms with Crippen LogP contribution in [0.4, 0.5) is 0 Å². The lowest BCUT2D eigenvalue weighted by Crippen LogP contribution is -2.20. The van der Waals surface area contributed by atoms with E-state index in [1.807, 2.05) is 0 Å². The highest BCUT2D eigenvalue weighted by Crippen LogP contribution is 2.31. The van der Waals surface area contributed by atoms with Crippen molar-refractivity contribution in [3.8, 4) is 0 Å². The number of cyclic esters (lactones) is 2. The summed E-state index contributed by atoms with van der Waals surface area (Å²) in [7, 11) is 0. The van der Waals surface area contributed by atoms with Crippen LogP contribution < -0.4 is 0 Å². The SMILES string of the molecule is CC(=O)c1ccc2c3c(cccc13)C(=O)OC2=O. The molecule has 0 saturated carbocycles. The van der Waals surface area contributed by atoms with Gasteiger partial charge in [-0.3, -0.25) is 4.79 Å². The average Bonchev–Trinajstić information content (AvgIpc) is 2.34. The molecule has 4 nitrogen and oxygen atoms in total. The molecule has 88 valence electrons. The Bertz CT molecular complexity index is 708. The molecule has 1 aliphatic heterocycles. The lowest BCUT2D eigenvalue weighted by Gasteiger charge is -2.16. The number of carbonyl (C=O) groups excluding carboxylic acids is 3. The van der Waals surface area contributed by atoms with Gasteiger partial charge in [-0.25, -0.2) is 9.59 Å². The largest absolute Gasteiger partial charge is 0.386 e. The molecule has 0 saturated heterocycles. The average molecular weight is 240 g/mol. The molecule has 0 aliphatic carbocycles. The van der Waals surface area contributed by atoms with E-state index in [-0.39, 0.29) is 5.78 Å². The Morgan fingerprint density at radius 3 is 2.33 bits per heavy atom. The molecule has 0 atom stereocenters. The van der Waals surface area contributed by atoms with Crippen LogP contribution in [0.1, 0.15) is 38.0 Å². The van der Waals surface area contributed by atoms with Crippen molar-refractivity contribution in [1.82, 2.24) is 0 Å². The van der Waals surface area contributed by atoms with Crippen molar-refractivity contribution in [2.24, 2.45) is 0 Å². The predicted octanol–water partition coefficient (Wildman–Crippen LogP) is 2.35. The van der Waals surface area contributed by atoms with Gasteiger partial charge in [0.1, 0.15) is 0 Å². The first-order valence-corrected chi connectivity index (χ1v) is 5.43. The second-order valence-corrected chi connectivity index (χ2v) is 4.12. The Labute approximate surface area is 102 Å². The van der Waals surface area contributed by atoms with E-state index >= 15 is 0 Å². The molecule has 0 fully saturated rings. The maximum atomic E-state index is 11.6. The summed E-state index contributed by atoms with van der Waals surface area (Å²) in [5.74, 6) is -1.44. The number of esters is 2. The second kappa shape index (κ2) is 3.50. The summed E-state index contributed by atoms with van der Waals surface area (Å²) in [6.45, 7) is 1.45. The van der Waals surface area contributed by atoms with Crippen LogP contribution >= 0.6 is 0 Å². The molecule has 0 spiro atoms. The van der Waals surface area contributed by atoms with E-state index in [0.717, 1.165) is 0 Å². The smallest absolute Gasteiger partial charge is 0.346 e. The summed E-state index contributed by atoms with van der Waals surface area (Å²) in [5.41, 5.74) is 1.15. The summed E-state index contributed by atoms with van der Waals surface area (Å²) in [6, 6.07) is 8.10. The fourth-order valence-electron chi connectivity index (χ4n) is 2.25. The van der Waals surface area contributed by atoms with Crippen molar-refractivity contribution in [3.63, 3.8) is 0 Å². The summed E-state index contributed by atoms with van der Waals surface area (Å²) < 4.78 is 4.64. The Morgan fingerprint density at radius 2 is 1.67 bits per heavy atom. The van der Waals surface area contributed by atoms with Gasteiger partial charge < -0.3 is 4.74 Å². The first-order chi connectivity index (χ1) is 8.59. The first-order valence-electron chi connectivity index (χ1n) is 5.43. The third-order valence-electron chi connectivity index (χ3n) is 3.05. The van der Waals surface area contributed by atoms with Crippen LogP contribution in [0.2, 0.25) is 0 Å². The van der Waals surface area contributed by atoms with Crippen LogP contribution in [0.5, 0.6) is 0 Å². The number of ether oxygens (including phenoxy) is 1. The van der Waals surface area contributed by atoms with Crippen LogP contribution in [-0.2, 0) is 4.74 Å². The molecule has 0 N–H and O–H groups in total. The zero-order valence-electron chi connectivity index (χ0n) is 9.52. The van der Waals surface area contributed by atoms with Gasteiger partial charge in [-0.1, -0.05) is 12.1 Å². The van der Waals surface area contributed by atoms with E-state index in [1.54, 1.807) is 24.3 Å². The molecule has 2 aromatic carbocycles. The topological polar surface area (TPSA) is 60.4 Å². The summed E-state index contributed by atoms with van der Waals surface area (Å²) in [6.07, 6.45) is 0. The minimum absolute atomic E-state index is 0.106. The Morgan fingerprint density at radius 1 is 1.00 bits per heavy atom. The van der Waals surface area contributed by atoms with Crippen molar-refractivity contribution in [1.29, 1.82) is 0 Å². The fourth-order valence-corrected chi connectivity index (χ4v) is 2.25. The molecular weight excluding hydrogens is 232 g/mol. The number of hydrogen-bond donors (Lipinski definition) is 0. The molecule has 2 aromatic rings. The van der Waals surface area contributed by atoms with Crippen molar-refractivity contribution >= 4 is 28.5 Å². The molecule has 0 amide bonds. The number of ketones is 1. The quantitative estimate of drug-likeness (QED) is 0.436. The van der Waals surface area contributed by atoms with E-state index in [2.05, 4.69) is 4.74 Å². The molecule has 0 bridgehead atoms. The van der Waals surface area contributed by atoms with Crippen LogP contribution in [0.25, 0.3) is 10.8 Å². The molecular formula is C14H8O4. The Kier molecular flexibility index (Phi) is 2.07. The van der Waals surface area contributed by atoms with Crippen LogP contribution in [0.3, 0.4) is 0 Å². The maximum absolute atomic E-state index is 11.6. The number of Topliss-reactive ketones (excluding diaryl/α,β-unsaturated/α-hetero) is 1. The van der Waals surface area contributed by atoms with Gasteiger partial charge >= 0.3 is 11.9 Å². The van der Waals surface area contributed by atoms with E-state index in [4.69, 9.17) is 0 Å². The van der Waals surface area contributed by atoms with E-state index in [1.165, 1.54) is 13.0 Å². The third-order valence-corrected chi connectivity index (χ3v) is 3.05. The molecule has 3 rings (SSSR count). The zero-order chi connectivity index (χ0) is 12.9. The Hall–Kier alpha value is -2.49. The zero-order valence-corrected chi connectivity index (χ0v) is 9.52. The van der Waals surface area contributed by atoms with Gasteiger partial charge in [-0.05, 0) is 30.5 Å². The molecule has 0 aromatic heterocycles. The fraction of sp³-hybridized carbons (Fsp3) is 0.0714. The van der Waals surface area contributed by atoms with Gasteiger partial charge in [0.25, 0.3) is 0 Å². The first kappa shape index (κ1) is 10.7. The molecule has 1 heterocycles. The van der Waals surface area contributed by atoms with E-state index < -0.39 is 11.9 Å². The van der Waals surface area contributed by atoms with Gasteiger partial charge in [0.15, 0.2) is 5.78 Å². The molecule has 0 radical (unpaired) electrons. The number of rotatable bonds is 1. The van der Waals surface area contributed by atoms with Gasteiger partial charge in [0, 0.05) is 10.9 Å². The monoisotopic (exact) mass is 240 g/mol. The van der Waals surface area contributed by atoms with Crippen molar-refractivity contribution in [2.45, 2.75) is 6.92 Å². The van der Waals surface area contributed by atoms with Crippen LogP contribution in [0.15, 0.2) is 30.3 Å². The van der Waals surface area contributed by atoms with Crippen molar-refractivity contribution in [3.05, 3.63) is 47.0 Å². The highest BCUT2D eigenvalue weighted by Gasteiger charge is 2.28. The van der Waals surface area contributed by atoms with Gasteiger partial charge in [0.05, 0.1) is 11.1 Å². The molecule has 0 unspecified atom stereocenters. The number of hydrogen-bond acceptors (Lipinski definition) is 4. The Balaban J connectivity index is 2.53. The summed E-state index contributed by atoms with van der Waals surface area (Å²) in [5, 5.41) is 1.12. The minimum Gasteiger partial charge on any atom is -0.386 e. The predicted molar refractivity (Wildman–Crippen MR) is 63.7 cm³/mol. The van der Waals surface area contributed by atoms with Crippen LogP contribution in [0, 0.1) is 0 Å². The van der Waals surface area contributed by atoms with E-state index in [0.29, 0.717) is 27.5 Å². The number of benzene rings is 2. The lowest BCUT2D eigenvalue weighted by molar-refractivity contribution is 0.0391. The highest BCUT2D eigenvalue weighted by molar-refractivity contribution is 6.23. The minimum atomic E-state index is -0.668. The molecule has 4 heteroatoms. The van der Waals surface area contributed by atoms with E-state index in [9.17, 15) is 14.4 Å². The van der Waals surface area contributed by atoms with Crippen LogP contribution in [-0.4, -0.2) is 17.7 Å².